The van der Waals surface area contributed by atoms with Gasteiger partial charge in [0.25, 0.3) is 0 Å². The molecule has 0 spiro atoms. The first kappa shape index (κ1) is 67.2. The number of hydrogen-bond acceptors (Lipinski definition) is 13. The normalized spacial score (nSPS) is 26.1. The number of ether oxygens (including phenoxy) is 4. The van der Waals surface area contributed by atoms with E-state index in [0.29, 0.717) is 12.8 Å². The third kappa shape index (κ3) is 31.2. The van der Waals surface area contributed by atoms with Gasteiger partial charge < -0.3 is 65.1 Å². The van der Waals surface area contributed by atoms with E-state index in [2.05, 4.69) is 141 Å². The van der Waals surface area contributed by atoms with Crippen molar-refractivity contribution in [2.24, 2.45) is 0 Å². The zero-order chi connectivity index (χ0) is 54.6. The van der Waals surface area contributed by atoms with E-state index in [1.54, 1.807) is 6.08 Å². The van der Waals surface area contributed by atoms with Crippen LogP contribution in [-0.2, 0) is 23.7 Å². The van der Waals surface area contributed by atoms with Gasteiger partial charge in [0.2, 0.25) is 5.91 Å². The van der Waals surface area contributed by atoms with Crippen molar-refractivity contribution in [3.8, 4) is 0 Å². The number of unbranched alkanes of at least 4 members (excludes halogenated alkanes) is 8. The molecular formula is C61H97NO13. The largest absolute Gasteiger partial charge is 0.394 e. The highest BCUT2D eigenvalue weighted by Gasteiger charge is 2.51. The average Bonchev–Trinajstić information content (AvgIpc) is 3.41. The second kappa shape index (κ2) is 45.2. The minimum Gasteiger partial charge on any atom is -0.394 e. The number of rotatable bonds is 41. The van der Waals surface area contributed by atoms with E-state index >= 15 is 0 Å². The molecule has 0 aromatic carbocycles. The van der Waals surface area contributed by atoms with Gasteiger partial charge in [-0.05, 0) is 96.3 Å². The minimum atomic E-state index is -1.80. The maximum Gasteiger partial charge on any atom is 0.220 e. The van der Waals surface area contributed by atoms with Crippen molar-refractivity contribution >= 4 is 5.91 Å². The van der Waals surface area contributed by atoms with Gasteiger partial charge in [-0.3, -0.25) is 4.79 Å². The summed E-state index contributed by atoms with van der Waals surface area (Å²) < 4.78 is 22.6. The Morgan fingerprint density at radius 2 is 0.933 bits per heavy atom. The Hall–Kier alpha value is -3.87. The number of aliphatic hydroxyl groups excluding tert-OH is 8. The zero-order valence-electron chi connectivity index (χ0n) is 45.2. The van der Waals surface area contributed by atoms with Gasteiger partial charge in [-0.15, -0.1) is 0 Å². The summed E-state index contributed by atoms with van der Waals surface area (Å²) in [5.74, 6) is -0.280. The van der Waals surface area contributed by atoms with Crippen molar-refractivity contribution in [1.29, 1.82) is 0 Å². The maximum absolute atomic E-state index is 13.2. The highest BCUT2D eigenvalue weighted by Crippen LogP contribution is 2.30. The van der Waals surface area contributed by atoms with Crippen LogP contribution in [0.25, 0.3) is 0 Å². The molecule has 14 heteroatoms. The Kier molecular flexibility index (Phi) is 40.5. The molecule has 0 aliphatic carbocycles. The number of carbonyl (C=O) groups excluding carboxylic acids is 1. The van der Waals surface area contributed by atoms with E-state index in [9.17, 15) is 45.6 Å². The fraction of sp³-hybridized carbons (Fsp3) is 0.623. The van der Waals surface area contributed by atoms with Gasteiger partial charge in [0.1, 0.15) is 48.8 Å². The Labute approximate surface area is 450 Å². The number of amides is 1. The summed E-state index contributed by atoms with van der Waals surface area (Å²) in [5.41, 5.74) is 0. The molecule has 424 valence electrons. The molecule has 12 unspecified atom stereocenters. The fourth-order valence-corrected chi connectivity index (χ4v) is 8.05. The first-order valence-corrected chi connectivity index (χ1v) is 27.9. The van der Waals surface area contributed by atoms with Crippen molar-refractivity contribution in [3.05, 3.63) is 134 Å². The molecule has 75 heavy (non-hydrogen) atoms. The SMILES string of the molecule is CC/C=C\C/C=C\C/C=C\C/C=C\C/C=C\C/C=C\C/C=C\C/C=C\C/C=C\CCCCCCCC(=O)NC(COC1OC(CO)C(OC2OC(CO)C(O)C(O)C2O)C(O)C1O)C(O)/C=C/CC/C=C/CCCC. The summed E-state index contributed by atoms with van der Waals surface area (Å²) >= 11 is 0. The van der Waals surface area contributed by atoms with E-state index < -0.39 is 86.8 Å². The molecule has 0 bridgehead atoms. The Bertz CT molecular complexity index is 1760. The lowest BCUT2D eigenvalue weighted by molar-refractivity contribution is -0.359. The molecule has 1 amide bonds. The van der Waals surface area contributed by atoms with Crippen LogP contribution in [0.15, 0.2) is 134 Å². The molecular weight excluding hydrogens is 955 g/mol. The smallest absolute Gasteiger partial charge is 0.220 e. The van der Waals surface area contributed by atoms with E-state index in [0.717, 1.165) is 116 Å². The number of aliphatic hydroxyl groups is 8. The van der Waals surface area contributed by atoms with E-state index in [4.69, 9.17) is 18.9 Å². The van der Waals surface area contributed by atoms with Gasteiger partial charge in [0.05, 0.1) is 32.0 Å². The molecule has 0 saturated carbocycles. The Morgan fingerprint density at radius 3 is 1.47 bits per heavy atom. The van der Waals surface area contributed by atoms with Crippen LogP contribution >= 0.6 is 0 Å². The molecule has 0 aromatic heterocycles. The summed E-state index contributed by atoms with van der Waals surface area (Å²) in [4.78, 5) is 13.2. The predicted octanol–water partition coefficient (Wildman–Crippen LogP) is 8.82. The van der Waals surface area contributed by atoms with Crippen LogP contribution in [0.2, 0.25) is 0 Å². The molecule has 0 aromatic rings. The van der Waals surface area contributed by atoms with Crippen LogP contribution in [0.5, 0.6) is 0 Å². The molecule has 2 rings (SSSR count). The molecule has 12 atom stereocenters. The highest BCUT2D eigenvalue weighted by molar-refractivity contribution is 5.76. The zero-order valence-corrected chi connectivity index (χ0v) is 45.2. The lowest BCUT2D eigenvalue weighted by Crippen LogP contribution is -2.65. The number of carbonyl (C=O) groups is 1. The predicted molar refractivity (Wildman–Crippen MR) is 299 cm³/mol. The minimum absolute atomic E-state index is 0.240. The van der Waals surface area contributed by atoms with Gasteiger partial charge in [-0.2, -0.15) is 0 Å². The van der Waals surface area contributed by atoms with Gasteiger partial charge >= 0.3 is 0 Å². The molecule has 2 aliphatic heterocycles. The van der Waals surface area contributed by atoms with Crippen molar-refractivity contribution in [3.63, 3.8) is 0 Å². The van der Waals surface area contributed by atoms with Crippen molar-refractivity contribution < 1.29 is 64.6 Å². The van der Waals surface area contributed by atoms with Crippen molar-refractivity contribution in [2.75, 3.05) is 19.8 Å². The van der Waals surface area contributed by atoms with Crippen LogP contribution in [0, 0.1) is 0 Å². The Balaban J connectivity index is 1.68. The maximum atomic E-state index is 13.2. The van der Waals surface area contributed by atoms with E-state index in [1.807, 2.05) is 6.08 Å². The molecule has 2 heterocycles. The first-order valence-electron chi connectivity index (χ1n) is 27.9. The standard InChI is InChI=1S/C61H97NO13/c1-3-5-7-9-11-13-14-15-16-17-18-19-20-21-22-23-24-25-26-27-28-29-30-31-32-33-34-35-36-37-39-41-43-45-53(66)62-49(50(65)44-42-40-38-12-10-8-6-4-2)48-72-60-58(71)56(69)59(52(47-64)74-60)75-61-57(70)55(68)54(67)51(46-63)73-61/h5,7,10-13,15-16,18-19,21-22,24-25,27-28,30-31,33-34,42,44,49-52,54-61,63-65,67-71H,3-4,6,8-9,14,17,20,23,26,29,32,35-41,43,45-48H2,1-2H3,(H,62,66)/b7-5-,12-10+,13-11-,16-15-,19-18-,22-21-,25-24-,28-27-,31-30-,34-33-,44-42+. The topological polar surface area (TPSA) is 228 Å². The summed E-state index contributed by atoms with van der Waals surface area (Å²) in [5, 5.41) is 86.5. The van der Waals surface area contributed by atoms with Crippen LogP contribution in [0.1, 0.15) is 149 Å². The monoisotopic (exact) mass is 1050 g/mol. The lowest BCUT2D eigenvalue weighted by Gasteiger charge is -2.46. The van der Waals surface area contributed by atoms with Crippen molar-refractivity contribution in [2.45, 2.75) is 222 Å². The van der Waals surface area contributed by atoms with Gasteiger partial charge in [0.15, 0.2) is 12.6 Å². The van der Waals surface area contributed by atoms with E-state index in [-0.39, 0.29) is 18.9 Å². The molecule has 0 radical (unpaired) electrons. The van der Waals surface area contributed by atoms with Gasteiger partial charge in [-0.25, -0.2) is 0 Å². The summed E-state index contributed by atoms with van der Waals surface area (Å²) in [6.45, 7) is 2.52. The quantitative estimate of drug-likeness (QED) is 0.0206. The van der Waals surface area contributed by atoms with Crippen LogP contribution in [-0.4, -0.2) is 140 Å². The molecule has 2 aliphatic rings. The molecule has 14 nitrogen and oxygen atoms in total. The number of nitrogens with one attached hydrogen (secondary N) is 1. The lowest BCUT2D eigenvalue weighted by atomic mass is 9.97. The second-order valence-corrected chi connectivity index (χ2v) is 19.0. The van der Waals surface area contributed by atoms with Gasteiger partial charge in [-0.1, -0.05) is 180 Å². The summed E-state index contributed by atoms with van der Waals surface area (Å²) in [7, 11) is 0. The molecule has 2 fully saturated rings. The van der Waals surface area contributed by atoms with Crippen molar-refractivity contribution in [1.82, 2.24) is 5.32 Å². The summed E-state index contributed by atoms with van der Waals surface area (Å²) in [6, 6.07) is -0.949. The van der Waals surface area contributed by atoms with E-state index in [1.165, 1.54) is 0 Å². The third-order valence-corrected chi connectivity index (χ3v) is 12.6. The first-order chi connectivity index (χ1) is 36.6. The van der Waals surface area contributed by atoms with Crippen LogP contribution in [0.4, 0.5) is 0 Å². The number of allylic oxidation sites excluding steroid dienone is 21. The third-order valence-electron chi connectivity index (χ3n) is 12.6. The molecule has 9 N–H and O–H groups in total. The van der Waals surface area contributed by atoms with Gasteiger partial charge in [0, 0.05) is 6.42 Å². The molecule has 2 saturated heterocycles. The number of hydrogen-bond donors (Lipinski definition) is 9. The van der Waals surface area contributed by atoms with Crippen LogP contribution in [0.3, 0.4) is 0 Å². The van der Waals surface area contributed by atoms with Crippen LogP contribution < -0.4 is 5.32 Å². The summed E-state index contributed by atoms with van der Waals surface area (Å²) in [6.07, 6.45) is 49.6. The second-order valence-electron chi connectivity index (χ2n) is 19.0. The fourth-order valence-electron chi connectivity index (χ4n) is 8.05. The highest BCUT2D eigenvalue weighted by atomic mass is 16.7. The average molecular weight is 1050 g/mol. The Morgan fingerprint density at radius 1 is 0.493 bits per heavy atom.